The van der Waals surface area contributed by atoms with E-state index in [1.54, 1.807) is 25.3 Å². The van der Waals surface area contributed by atoms with E-state index in [4.69, 9.17) is 0 Å². The largest absolute Gasteiger partial charge is 0.481 e. The molecule has 3 aromatic carbocycles. The zero-order valence-electron chi connectivity index (χ0n) is 21.5. The number of carbonyl (C=O) groups excluding carboxylic acids is 1. The monoisotopic (exact) mass is 509 g/mol. The van der Waals surface area contributed by atoms with Crippen LogP contribution in [0.4, 0.5) is 5.69 Å². The first-order valence-electron chi connectivity index (χ1n) is 12.1. The SMILES string of the molecule is CC(C)C(C)(C(=O)O)c1ccc2ccccc2n1.Cc1cc([N+](=O)[O-])ccc1-c1ccc2c(c1)C(=O)N=C2. The van der Waals surface area contributed by atoms with Crippen LogP contribution in [0.2, 0.25) is 0 Å². The fourth-order valence-corrected chi connectivity index (χ4v) is 4.31. The summed E-state index contributed by atoms with van der Waals surface area (Å²) in [6, 6.07) is 21.7. The number of rotatable bonds is 5. The third-order valence-electron chi connectivity index (χ3n) is 7.07. The van der Waals surface area contributed by atoms with Gasteiger partial charge in [0.1, 0.15) is 5.41 Å². The molecule has 1 aliphatic heterocycles. The van der Waals surface area contributed by atoms with Crippen LogP contribution in [0.3, 0.4) is 0 Å². The normalized spacial score (nSPS) is 13.6. The predicted molar refractivity (Wildman–Crippen MR) is 147 cm³/mol. The lowest BCUT2D eigenvalue weighted by atomic mass is 9.76. The summed E-state index contributed by atoms with van der Waals surface area (Å²) in [7, 11) is 0. The van der Waals surface area contributed by atoms with Crippen molar-refractivity contribution in [2.75, 3.05) is 0 Å². The van der Waals surface area contributed by atoms with Crippen molar-refractivity contribution in [1.29, 1.82) is 0 Å². The first-order chi connectivity index (χ1) is 18.0. The molecular formula is C30H27N3O5. The molecule has 1 aromatic heterocycles. The van der Waals surface area contributed by atoms with Gasteiger partial charge in [-0.05, 0) is 60.7 Å². The van der Waals surface area contributed by atoms with Gasteiger partial charge in [0.15, 0.2) is 0 Å². The van der Waals surface area contributed by atoms with Crippen molar-refractivity contribution in [3.63, 3.8) is 0 Å². The number of aryl methyl sites for hydroxylation is 1. The number of nitro benzene ring substituents is 1. The summed E-state index contributed by atoms with van der Waals surface area (Å²) in [5.74, 6) is -1.11. The van der Waals surface area contributed by atoms with E-state index in [2.05, 4.69) is 9.98 Å². The topological polar surface area (TPSA) is 123 Å². The number of aromatic nitrogens is 1. The molecule has 1 amide bonds. The minimum Gasteiger partial charge on any atom is -0.481 e. The van der Waals surface area contributed by atoms with Gasteiger partial charge in [0, 0.05) is 29.3 Å². The van der Waals surface area contributed by atoms with Crippen molar-refractivity contribution in [1.82, 2.24) is 4.98 Å². The Morgan fingerprint density at radius 2 is 1.74 bits per heavy atom. The first kappa shape index (κ1) is 26.3. The fraction of sp³-hybridized carbons (Fsp3) is 0.200. The number of nitro groups is 1. The van der Waals surface area contributed by atoms with Crippen LogP contribution in [-0.4, -0.2) is 33.1 Å². The number of fused-ring (bicyclic) bond motifs is 2. The zero-order chi connectivity index (χ0) is 27.6. The number of hydrogen-bond acceptors (Lipinski definition) is 5. The van der Waals surface area contributed by atoms with E-state index in [1.807, 2.05) is 69.3 Å². The number of carbonyl (C=O) groups is 2. The average molecular weight is 510 g/mol. The van der Waals surface area contributed by atoms with E-state index in [0.29, 0.717) is 11.3 Å². The second-order valence-electron chi connectivity index (χ2n) is 9.67. The van der Waals surface area contributed by atoms with Crippen LogP contribution >= 0.6 is 0 Å². The van der Waals surface area contributed by atoms with Gasteiger partial charge in [-0.15, -0.1) is 0 Å². The Balaban J connectivity index is 0.000000178. The molecule has 0 spiro atoms. The minimum atomic E-state index is -0.954. The standard InChI is InChI=1S/C15H10N2O3.C15H17NO2/c1-9-6-12(17(19)20)4-5-13(9)10-2-3-11-8-16-15(18)14(11)7-10;1-10(2)15(3,14(17)18)13-9-8-11-6-4-5-7-12(11)16-13/h2-8H,1H3;4-10H,1-3H3,(H,17,18). The molecule has 0 saturated heterocycles. The molecule has 1 unspecified atom stereocenters. The second kappa shape index (κ2) is 10.3. The van der Waals surface area contributed by atoms with E-state index >= 15 is 0 Å². The number of carboxylic acid groups (broad SMARTS) is 1. The minimum absolute atomic E-state index is 0.0244. The van der Waals surface area contributed by atoms with Gasteiger partial charge in [0.2, 0.25) is 0 Å². The lowest BCUT2D eigenvalue weighted by Gasteiger charge is -2.28. The predicted octanol–water partition coefficient (Wildman–Crippen LogP) is 6.38. The maximum Gasteiger partial charge on any atom is 0.315 e. The van der Waals surface area contributed by atoms with Crippen molar-refractivity contribution in [2.45, 2.75) is 33.1 Å². The van der Waals surface area contributed by atoms with E-state index in [9.17, 15) is 24.8 Å². The van der Waals surface area contributed by atoms with Crippen molar-refractivity contribution < 1.29 is 19.6 Å². The highest BCUT2D eigenvalue weighted by Gasteiger charge is 2.40. The van der Waals surface area contributed by atoms with E-state index in [0.717, 1.165) is 33.2 Å². The number of aliphatic carboxylic acids is 1. The molecule has 0 aliphatic carbocycles. The summed E-state index contributed by atoms with van der Waals surface area (Å²) < 4.78 is 0. The summed E-state index contributed by atoms with van der Waals surface area (Å²) in [5, 5.41) is 21.3. The van der Waals surface area contributed by atoms with Crippen LogP contribution in [-0.2, 0) is 10.2 Å². The molecule has 0 fully saturated rings. The Kier molecular flexibility index (Phi) is 7.17. The quantitative estimate of drug-likeness (QED) is 0.246. The van der Waals surface area contributed by atoms with Crippen LogP contribution in [0.25, 0.3) is 22.0 Å². The molecule has 0 bridgehead atoms. The number of nitrogens with zero attached hydrogens (tertiary/aromatic N) is 3. The number of benzene rings is 3. The molecule has 4 aromatic rings. The molecule has 2 heterocycles. The summed E-state index contributed by atoms with van der Waals surface area (Å²) in [6.07, 6.45) is 1.55. The highest BCUT2D eigenvalue weighted by atomic mass is 16.6. The summed E-state index contributed by atoms with van der Waals surface area (Å²) in [5.41, 5.74) is 4.46. The molecule has 192 valence electrons. The third kappa shape index (κ3) is 4.93. The van der Waals surface area contributed by atoms with Crippen LogP contribution in [0, 0.1) is 23.0 Å². The number of non-ortho nitro benzene ring substituents is 1. The average Bonchev–Trinajstić information content (AvgIpc) is 3.27. The van der Waals surface area contributed by atoms with E-state index in [-0.39, 0.29) is 17.5 Å². The first-order valence-corrected chi connectivity index (χ1v) is 12.1. The number of amides is 1. The van der Waals surface area contributed by atoms with Gasteiger partial charge in [-0.3, -0.25) is 24.7 Å². The fourth-order valence-electron chi connectivity index (χ4n) is 4.31. The molecule has 1 aliphatic rings. The number of carboxylic acids is 1. The van der Waals surface area contributed by atoms with E-state index < -0.39 is 16.3 Å². The smallest absolute Gasteiger partial charge is 0.315 e. The van der Waals surface area contributed by atoms with Crippen LogP contribution in [0.1, 0.15) is 48.0 Å². The Morgan fingerprint density at radius 1 is 1.00 bits per heavy atom. The maximum atomic E-state index is 11.6. The van der Waals surface area contributed by atoms with Gasteiger partial charge in [0.25, 0.3) is 11.6 Å². The molecule has 0 saturated carbocycles. The van der Waals surface area contributed by atoms with Crippen molar-refractivity contribution in [3.05, 3.63) is 105 Å². The van der Waals surface area contributed by atoms with E-state index in [1.165, 1.54) is 12.1 Å². The molecule has 5 rings (SSSR count). The second-order valence-corrected chi connectivity index (χ2v) is 9.67. The highest BCUT2D eigenvalue weighted by molar-refractivity contribution is 6.13. The molecule has 1 N–H and O–H groups in total. The molecule has 8 nitrogen and oxygen atoms in total. The molecule has 8 heteroatoms. The lowest BCUT2D eigenvalue weighted by Crippen LogP contribution is -2.38. The van der Waals surface area contributed by atoms with Gasteiger partial charge >= 0.3 is 5.97 Å². The molecule has 38 heavy (non-hydrogen) atoms. The Hall–Kier alpha value is -4.72. The van der Waals surface area contributed by atoms with Gasteiger partial charge in [-0.1, -0.05) is 50.2 Å². The van der Waals surface area contributed by atoms with Crippen LogP contribution in [0.5, 0.6) is 0 Å². The Labute approximate surface area is 219 Å². The van der Waals surface area contributed by atoms with Crippen molar-refractivity contribution in [3.8, 4) is 11.1 Å². The van der Waals surface area contributed by atoms with Crippen molar-refractivity contribution in [2.24, 2.45) is 10.9 Å². The molecular weight excluding hydrogens is 482 g/mol. The maximum absolute atomic E-state index is 11.6. The van der Waals surface area contributed by atoms with Crippen LogP contribution < -0.4 is 0 Å². The lowest BCUT2D eigenvalue weighted by molar-refractivity contribution is -0.384. The number of aliphatic imine (C=N–C) groups is 1. The Morgan fingerprint density at radius 3 is 2.39 bits per heavy atom. The summed E-state index contributed by atoms with van der Waals surface area (Å²) in [6.45, 7) is 7.36. The summed E-state index contributed by atoms with van der Waals surface area (Å²) >= 11 is 0. The number of para-hydroxylation sites is 1. The van der Waals surface area contributed by atoms with Crippen LogP contribution in [0.15, 0.2) is 77.8 Å². The number of hydrogen-bond donors (Lipinski definition) is 1. The van der Waals surface area contributed by atoms with Crippen molar-refractivity contribution >= 4 is 34.7 Å². The number of pyridine rings is 1. The molecule has 1 atom stereocenters. The Bertz CT molecular complexity index is 1610. The summed E-state index contributed by atoms with van der Waals surface area (Å²) in [4.78, 5) is 41.7. The zero-order valence-corrected chi connectivity index (χ0v) is 21.5. The van der Waals surface area contributed by atoms with Gasteiger partial charge in [-0.2, -0.15) is 0 Å². The highest BCUT2D eigenvalue weighted by Crippen LogP contribution is 2.32. The molecule has 0 radical (unpaired) electrons. The third-order valence-corrected chi connectivity index (χ3v) is 7.07. The van der Waals surface area contributed by atoms with Gasteiger partial charge in [0.05, 0.1) is 21.7 Å². The van der Waals surface area contributed by atoms with Gasteiger partial charge in [-0.25, -0.2) is 4.99 Å². The van der Waals surface area contributed by atoms with Gasteiger partial charge < -0.3 is 5.11 Å².